The third kappa shape index (κ3) is 3.61. The molecule has 2 aromatic carbocycles. The van der Waals surface area contributed by atoms with Crippen molar-refractivity contribution in [3.8, 4) is 16.3 Å². The molecule has 5 nitrogen and oxygen atoms in total. The molecule has 120 valence electrons. The summed E-state index contributed by atoms with van der Waals surface area (Å²) in [4.78, 5) is 4.64. The number of benzene rings is 2. The Morgan fingerprint density at radius 2 is 2.00 bits per heavy atom. The van der Waals surface area contributed by atoms with Crippen LogP contribution in [0.3, 0.4) is 0 Å². The van der Waals surface area contributed by atoms with E-state index in [-0.39, 0.29) is 13.2 Å². The van der Waals surface area contributed by atoms with Gasteiger partial charge in [0.05, 0.1) is 16.8 Å². The molecule has 0 saturated heterocycles. The van der Waals surface area contributed by atoms with Crippen LogP contribution in [0.15, 0.2) is 42.5 Å². The molecule has 1 aromatic heterocycles. The lowest BCUT2D eigenvalue weighted by molar-refractivity contribution is 0.0536. The van der Waals surface area contributed by atoms with Crippen molar-refractivity contribution in [3.05, 3.63) is 42.5 Å². The normalized spacial score (nSPS) is 12.3. The van der Waals surface area contributed by atoms with Crippen LogP contribution >= 0.6 is 11.3 Å². The summed E-state index contributed by atoms with van der Waals surface area (Å²) >= 11 is 1.59. The topological polar surface area (TPSA) is 74.6 Å². The Bertz CT molecular complexity index is 786. The summed E-state index contributed by atoms with van der Waals surface area (Å²) in [6.07, 6.45) is -0.867. The summed E-state index contributed by atoms with van der Waals surface area (Å²) in [5.41, 5.74) is 3.05. The zero-order chi connectivity index (χ0) is 16.2. The molecule has 3 aromatic rings. The van der Waals surface area contributed by atoms with E-state index in [2.05, 4.69) is 10.3 Å². The predicted molar refractivity (Wildman–Crippen MR) is 93.2 cm³/mol. The fraction of sp³-hybridized carbons (Fsp3) is 0.235. The van der Waals surface area contributed by atoms with Gasteiger partial charge in [-0.3, -0.25) is 0 Å². The number of anilines is 1. The molecular weight excluding hydrogens is 312 g/mol. The molecule has 0 fully saturated rings. The standard InChI is InChI=1S/C17H18N2O3S/c1-18-12-4-2-11(3-5-12)17-19-15-7-6-14(8-16(15)23-17)22-10-13(21)9-20/h2-8,13,18,20-21H,9-10H2,1H3/t13-/m1/s1. The van der Waals surface area contributed by atoms with Crippen molar-refractivity contribution < 1.29 is 14.9 Å². The third-order valence-corrected chi connectivity index (χ3v) is 4.50. The highest BCUT2D eigenvalue weighted by atomic mass is 32.1. The molecule has 0 aliphatic heterocycles. The maximum Gasteiger partial charge on any atom is 0.124 e. The molecule has 0 amide bonds. The number of thiazole rings is 1. The highest BCUT2D eigenvalue weighted by molar-refractivity contribution is 7.21. The average molecular weight is 330 g/mol. The van der Waals surface area contributed by atoms with E-state index in [0.717, 1.165) is 26.5 Å². The second kappa shape index (κ2) is 6.95. The Hall–Kier alpha value is -2.15. The molecule has 23 heavy (non-hydrogen) atoms. The van der Waals surface area contributed by atoms with Gasteiger partial charge in [-0.25, -0.2) is 4.98 Å². The van der Waals surface area contributed by atoms with Crippen molar-refractivity contribution in [1.82, 2.24) is 4.98 Å². The number of rotatable bonds is 6. The Labute approximate surface area is 138 Å². The van der Waals surface area contributed by atoms with Crippen LogP contribution in [0.2, 0.25) is 0 Å². The predicted octanol–water partition coefficient (Wildman–Crippen LogP) is 2.74. The molecule has 0 aliphatic carbocycles. The summed E-state index contributed by atoms with van der Waals surface area (Å²) in [5, 5.41) is 22.2. The van der Waals surface area contributed by atoms with Crippen LogP contribution in [0.4, 0.5) is 5.69 Å². The number of ether oxygens (including phenoxy) is 1. The summed E-state index contributed by atoms with van der Waals surface area (Å²) in [6, 6.07) is 13.7. The maximum absolute atomic E-state index is 9.34. The molecule has 3 rings (SSSR count). The number of nitrogens with zero attached hydrogens (tertiary/aromatic N) is 1. The van der Waals surface area contributed by atoms with Gasteiger partial charge in [-0.15, -0.1) is 11.3 Å². The first-order valence-corrected chi connectivity index (χ1v) is 8.12. The van der Waals surface area contributed by atoms with E-state index >= 15 is 0 Å². The van der Waals surface area contributed by atoms with E-state index in [1.807, 2.05) is 49.5 Å². The van der Waals surface area contributed by atoms with Gasteiger partial charge in [-0.2, -0.15) is 0 Å². The zero-order valence-corrected chi connectivity index (χ0v) is 13.5. The van der Waals surface area contributed by atoms with Gasteiger partial charge < -0.3 is 20.3 Å². The minimum absolute atomic E-state index is 0.0686. The van der Waals surface area contributed by atoms with E-state index in [0.29, 0.717) is 5.75 Å². The molecule has 0 unspecified atom stereocenters. The van der Waals surface area contributed by atoms with Crippen LogP contribution in [0.1, 0.15) is 0 Å². The Morgan fingerprint density at radius 3 is 2.70 bits per heavy atom. The second-order valence-electron chi connectivity index (χ2n) is 5.12. The minimum atomic E-state index is -0.867. The first kappa shape index (κ1) is 15.7. The smallest absolute Gasteiger partial charge is 0.124 e. The quantitative estimate of drug-likeness (QED) is 0.648. The van der Waals surface area contributed by atoms with E-state index in [1.165, 1.54) is 0 Å². The molecule has 1 atom stereocenters. The average Bonchev–Trinajstić information content (AvgIpc) is 3.03. The van der Waals surface area contributed by atoms with Crippen LogP contribution in [0.5, 0.6) is 5.75 Å². The van der Waals surface area contributed by atoms with Crippen molar-refractivity contribution in [2.24, 2.45) is 0 Å². The lowest BCUT2D eigenvalue weighted by atomic mass is 10.2. The molecule has 1 heterocycles. The Morgan fingerprint density at radius 1 is 1.22 bits per heavy atom. The van der Waals surface area contributed by atoms with Crippen molar-refractivity contribution in [3.63, 3.8) is 0 Å². The molecule has 6 heteroatoms. The second-order valence-corrected chi connectivity index (χ2v) is 6.15. The van der Waals surface area contributed by atoms with Gasteiger partial charge >= 0.3 is 0 Å². The van der Waals surface area contributed by atoms with E-state index in [9.17, 15) is 5.11 Å². The molecule has 3 N–H and O–H groups in total. The van der Waals surface area contributed by atoms with Gasteiger partial charge in [0, 0.05) is 18.3 Å². The highest BCUT2D eigenvalue weighted by Gasteiger charge is 2.09. The van der Waals surface area contributed by atoms with Crippen LogP contribution in [0.25, 0.3) is 20.8 Å². The van der Waals surface area contributed by atoms with E-state index < -0.39 is 6.10 Å². The number of hydrogen-bond donors (Lipinski definition) is 3. The Balaban J connectivity index is 1.83. The maximum atomic E-state index is 9.34. The summed E-state index contributed by atoms with van der Waals surface area (Å²) < 4.78 is 6.49. The third-order valence-electron chi connectivity index (χ3n) is 3.43. The monoisotopic (exact) mass is 330 g/mol. The van der Waals surface area contributed by atoms with Gasteiger partial charge in [0.2, 0.25) is 0 Å². The van der Waals surface area contributed by atoms with Crippen molar-refractivity contribution in [2.45, 2.75) is 6.10 Å². The van der Waals surface area contributed by atoms with Gasteiger partial charge in [0.25, 0.3) is 0 Å². The number of nitrogens with one attached hydrogen (secondary N) is 1. The largest absolute Gasteiger partial charge is 0.491 e. The van der Waals surface area contributed by atoms with Gasteiger partial charge in [0.1, 0.15) is 23.5 Å². The Kier molecular flexibility index (Phi) is 4.76. The fourth-order valence-corrected chi connectivity index (χ4v) is 3.14. The van der Waals surface area contributed by atoms with Crippen LogP contribution in [-0.4, -0.2) is 41.6 Å². The molecular formula is C17H18N2O3S. The molecule has 0 radical (unpaired) electrons. The number of aliphatic hydroxyl groups excluding tert-OH is 2. The number of hydrogen-bond acceptors (Lipinski definition) is 6. The fourth-order valence-electron chi connectivity index (χ4n) is 2.14. The highest BCUT2D eigenvalue weighted by Crippen LogP contribution is 2.32. The van der Waals surface area contributed by atoms with Crippen molar-refractivity contribution in [2.75, 3.05) is 25.6 Å². The summed E-state index contributed by atoms with van der Waals surface area (Å²) in [5.74, 6) is 0.658. The number of fused-ring (bicyclic) bond motifs is 1. The van der Waals surface area contributed by atoms with Gasteiger partial charge in [-0.05, 0) is 42.5 Å². The summed E-state index contributed by atoms with van der Waals surface area (Å²) in [6.45, 7) is -0.241. The van der Waals surface area contributed by atoms with Crippen molar-refractivity contribution >= 4 is 27.2 Å². The summed E-state index contributed by atoms with van der Waals surface area (Å²) in [7, 11) is 1.89. The minimum Gasteiger partial charge on any atom is -0.491 e. The first-order valence-electron chi connectivity index (χ1n) is 7.30. The molecule has 0 spiro atoms. The first-order chi connectivity index (χ1) is 11.2. The van der Waals surface area contributed by atoms with Crippen LogP contribution in [0, 0.1) is 0 Å². The number of aromatic nitrogens is 1. The lowest BCUT2D eigenvalue weighted by Gasteiger charge is -2.09. The molecule has 0 saturated carbocycles. The molecule has 0 aliphatic rings. The number of aliphatic hydroxyl groups is 2. The van der Waals surface area contributed by atoms with E-state index in [1.54, 1.807) is 11.3 Å². The SMILES string of the molecule is CNc1ccc(-c2nc3ccc(OC[C@H](O)CO)cc3s2)cc1. The van der Waals surface area contributed by atoms with Gasteiger partial charge in [-0.1, -0.05) is 0 Å². The zero-order valence-electron chi connectivity index (χ0n) is 12.7. The molecule has 0 bridgehead atoms. The van der Waals surface area contributed by atoms with Crippen LogP contribution < -0.4 is 10.1 Å². The lowest BCUT2D eigenvalue weighted by Crippen LogP contribution is -2.21. The van der Waals surface area contributed by atoms with Crippen LogP contribution in [-0.2, 0) is 0 Å². The van der Waals surface area contributed by atoms with Gasteiger partial charge in [0.15, 0.2) is 0 Å². The van der Waals surface area contributed by atoms with E-state index in [4.69, 9.17) is 9.84 Å². The van der Waals surface area contributed by atoms with Crippen molar-refractivity contribution in [1.29, 1.82) is 0 Å².